The van der Waals surface area contributed by atoms with E-state index in [1.165, 1.54) is 0 Å². The van der Waals surface area contributed by atoms with Gasteiger partial charge in [0.2, 0.25) is 0 Å². The molecule has 0 saturated carbocycles. The molecule has 0 amide bonds. The molecule has 0 aliphatic heterocycles. The smallest absolute Gasteiger partial charge is 0.166 e. The van der Waals surface area contributed by atoms with Crippen molar-refractivity contribution in [2.45, 2.75) is 6.10 Å². The summed E-state index contributed by atoms with van der Waals surface area (Å²) in [5, 5.41) is 0. The van der Waals surface area contributed by atoms with Crippen molar-refractivity contribution in [3.8, 4) is 5.75 Å². The Morgan fingerprint density at radius 3 is 2.58 bits per heavy atom. The largest absolute Gasteiger partial charge is 0.479 e. The molecule has 0 fully saturated rings. The van der Waals surface area contributed by atoms with E-state index in [0.29, 0.717) is 18.2 Å². The van der Waals surface area contributed by atoms with Crippen molar-refractivity contribution in [3.05, 3.63) is 54.2 Å². The molecule has 1 unspecified atom stereocenters. The maximum absolute atomic E-state index is 5.87. The molecule has 0 aliphatic carbocycles. The average molecular weight is 259 g/mol. The molecule has 1 aromatic heterocycles. The second-order valence-electron chi connectivity index (χ2n) is 3.94. The zero-order valence-electron chi connectivity index (χ0n) is 10.5. The van der Waals surface area contributed by atoms with Crippen LogP contribution in [0.4, 0.5) is 5.82 Å². The predicted molar refractivity (Wildman–Crippen MR) is 73.5 cm³/mol. The van der Waals surface area contributed by atoms with Crippen LogP contribution >= 0.6 is 0 Å². The van der Waals surface area contributed by atoms with E-state index in [4.69, 9.17) is 20.9 Å². The number of hydrogen-bond donors (Lipinski definition) is 2. The molecule has 5 nitrogen and oxygen atoms in total. The third-order valence-corrected chi connectivity index (χ3v) is 2.63. The third-order valence-electron chi connectivity index (χ3n) is 2.63. The topological polar surface area (TPSA) is 83.4 Å². The number of aromatic nitrogens is 1. The van der Waals surface area contributed by atoms with Crippen molar-refractivity contribution >= 4 is 5.82 Å². The Morgan fingerprint density at radius 1 is 1.11 bits per heavy atom. The number of nitrogens with two attached hydrogens (primary N) is 2. The molecule has 2 aromatic rings. The summed E-state index contributed by atoms with van der Waals surface area (Å²) in [6.45, 7) is 0.504. The molecule has 0 spiro atoms. The zero-order valence-corrected chi connectivity index (χ0v) is 10.5. The minimum atomic E-state index is -0.267. The fraction of sp³-hybridized carbons (Fsp3) is 0.214. The standard InChI is InChI=1S/C14H17N3O2/c15-10-18-9-13(11-5-2-1-3-6-11)19-12-7-4-8-17-14(12)16/h1-8,13H,9-10,15H2,(H2,16,17). The van der Waals surface area contributed by atoms with E-state index in [0.717, 1.165) is 5.56 Å². The van der Waals surface area contributed by atoms with Crippen molar-refractivity contribution in [2.24, 2.45) is 5.73 Å². The first kappa shape index (κ1) is 13.3. The molecule has 0 bridgehead atoms. The minimum absolute atomic E-state index is 0.148. The Balaban J connectivity index is 2.17. The Morgan fingerprint density at radius 2 is 1.89 bits per heavy atom. The highest BCUT2D eigenvalue weighted by Crippen LogP contribution is 2.25. The number of pyridine rings is 1. The van der Waals surface area contributed by atoms with Crippen LogP contribution in [-0.4, -0.2) is 18.3 Å². The van der Waals surface area contributed by atoms with Gasteiger partial charge in [0, 0.05) is 6.20 Å². The summed E-state index contributed by atoms with van der Waals surface area (Å²) in [7, 11) is 0. The van der Waals surface area contributed by atoms with E-state index < -0.39 is 0 Å². The van der Waals surface area contributed by atoms with Crippen LogP contribution < -0.4 is 16.2 Å². The molecule has 1 atom stereocenters. The molecule has 0 aliphatic rings. The van der Waals surface area contributed by atoms with Crippen molar-refractivity contribution < 1.29 is 9.47 Å². The molecule has 4 N–H and O–H groups in total. The molecule has 1 aromatic carbocycles. The van der Waals surface area contributed by atoms with Crippen LogP contribution in [-0.2, 0) is 4.74 Å². The quantitative estimate of drug-likeness (QED) is 0.772. The van der Waals surface area contributed by atoms with Crippen molar-refractivity contribution in [2.75, 3.05) is 19.1 Å². The lowest BCUT2D eigenvalue weighted by Gasteiger charge is -2.19. The molecule has 1 heterocycles. The van der Waals surface area contributed by atoms with Gasteiger partial charge in [0.1, 0.15) is 6.10 Å². The Bertz CT molecular complexity index is 505. The number of hydrogen-bond acceptors (Lipinski definition) is 5. The van der Waals surface area contributed by atoms with Crippen molar-refractivity contribution in [1.29, 1.82) is 0 Å². The van der Waals surface area contributed by atoms with Gasteiger partial charge in [-0.15, -0.1) is 0 Å². The summed E-state index contributed by atoms with van der Waals surface area (Å²) < 4.78 is 11.1. The number of anilines is 1. The van der Waals surface area contributed by atoms with E-state index in [2.05, 4.69) is 4.98 Å². The van der Waals surface area contributed by atoms with Gasteiger partial charge in [-0.3, -0.25) is 0 Å². The Kier molecular flexibility index (Phi) is 4.72. The molecular formula is C14H17N3O2. The zero-order chi connectivity index (χ0) is 13.5. The van der Waals surface area contributed by atoms with Gasteiger partial charge in [-0.05, 0) is 17.7 Å². The lowest BCUT2D eigenvalue weighted by atomic mass is 10.1. The van der Waals surface area contributed by atoms with Gasteiger partial charge in [-0.1, -0.05) is 30.3 Å². The average Bonchev–Trinajstić information content (AvgIpc) is 2.46. The fourth-order valence-electron chi connectivity index (χ4n) is 1.70. The van der Waals surface area contributed by atoms with Gasteiger partial charge < -0.3 is 20.9 Å². The highest BCUT2D eigenvalue weighted by molar-refractivity contribution is 5.45. The SMILES string of the molecule is NCOCC(Oc1cccnc1N)c1ccccc1. The summed E-state index contributed by atoms with van der Waals surface area (Å²) in [6, 6.07) is 13.3. The van der Waals surface area contributed by atoms with Gasteiger partial charge in [0.05, 0.1) is 13.3 Å². The number of ether oxygens (including phenoxy) is 2. The summed E-state index contributed by atoms with van der Waals surface area (Å²) >= 11 is 0. The second-order valence-corrected chi connectivity index (χ2v) is 3.94. The first-order valence-electron chi connectivity index (χ1n) is 6.01. The minimum Gasteiger partial charge on any atom is -0.479 e. The molecule has 0 radical (unpaired) electrons. The Hall–Kier alpha value is -2.11. The monoisotopic (exact) mass is 259 g/mol. The van der Waals surface area contributed by atoms with Crippen LogP contribution in [0.25, 0.3) is 0 Å². The normalized spacial score (nSPS) is 12.1. The second kappa shape index (κ2) is 6.72. The van der Waals surface area contributed by atoms with Crippen LogP contribution in [0.3, 0.4) is 0 Å². The first-order valence-corrected chi connectivity index (χ1v) is 6.01. The lowest BCUT2D eigenvalue weighted by Crippen LogP contribution is -2.18. The predicted octanol–water partition coefficient (Wildman–Crippen LogP) is 1.72. The third kappa shape index (κ3) is 3.67. The molecule has 100 valence electrons. The van der Waals surface area contributed by atoms with E-state index >= 15 is 0 Å². The van der Waals surface area contributed by atoms with Gasteiger partial charge in [0.15, 0.2) is 11.6 Å². The van der Waals surface area contributed by atoms with Gasteiger partial charge in [-0.25, -0.2) is 4.98 Å². The fourth-order valence-corrected chi connectivity index (χ4v) is 1.70. The van der Waals surface area contributed by atoms with Gasteiger partial charge in [0.25, 0.3) is 0 Å². The van der Waals surface area contributed by atoms with Crippen LogP contribution in [0.1, 0.15) is 11.7 Å². The number of benzene rings is 1. The summed E-state index contributed by atoms with van der Waals surface area (Å²) in [4.78, 5) is 3.99. The maximum atomic E-state index is 5.87. The van der Waals surface area contributed by atoms with Crippen molar-refractivity contribution in [3.63, 3.8) is 0 Å². The van der Waals surface area contributed by atoms with E-state index in [9.17, 15) is 0 Å². The molecule has 5 heteroatoms. The number of nitrogen functional groups attached to an aromatic ring is 1. The summed E-state index contributed by atoms with van der Waals surface area (Å²) in [5.41, 5.74) is 12.1. The van der Waals surface area contributed by atoms with Crippen LogP contribution in [0.2, 0.25) is 0 Å². The molecule has 19 heavy (non-hydrogen) atoms. The van der Waals surface area contributed by atoms with Gasteiger partial charge in [-0.2, -0.15) is 0 Å². The Labute approximate surface area is 112 Å². The van der Waals surface area contributed by atoms with Crippen LogP contribution in [0.5, 0.6) is 5.75 Å². The molecule has 2 rings (SSSR count). The highest BCUT2D eigenvalue weighted by Gasteiger charge is 2.15. The van der Waals surface area contributed by atoms with Crippen LogP contribution in [0, 0.1) is 0 Å². The summed E-state index contributed by atoms with van der Waals surface area (Å²) in [5.74, 6) is 0.896. The van der Waals surface area contributed by atoms with Crippen molar-refractivity contribution in [1.82, 2.24) is 4.98 Å². The van der Waals surface area contributed by atoms with Crippen LogP contribution in [0.15, 0.2) is 48.7 Å². The summed E-state index contributed by atoms with van der Waals surface area (Å²) in [6.07, 6.45) is 1.35. The molecular weight excluding hydrogens is 242 g/mol. The lowest BCUT2D eigenvalue weighted by molar-refractivity contribution is 0.0529. The van der Waals surface area contributed by atoms with Gasteiger partial charge >= 0.3 is 0 Å². The number of nitrogens with zero attached hydrogens (tertiary/aromatic N) is 1. The number of rotatable bonds is 6. The van der Waals surface area contributed by atoms with E-state index in [-0.39, 0.29) is 12.8 Å². The van der Waals surface area contributed by atoms with E-state index in [1.807, 2.05) is 30.3 Å². The maximum Gasteiger partial charge on any atom is 0.166 e. The molecule has 0 saturated heterocycles. The van der Waals surface area contributed by atoms with E-state index in [1.54, 1.807) is 18.3 Å². The highest BCUT2D eigenvalue weighted by atomic mass is 16.5. The first-order chi connectivity index (χ1) is 9.31.